The van der Waals surface area contributed by atoms with E-state index >= 15 is 0 Å². The largest absolute Gasteiger partial charge is 0.369 e. The highest BCUT2D eigenvalue weighted by Gasteiger charge is 2.10. The number of fused-ring (bicyclic) bond motifs is 1. The molecule has 22 heavy (non-hydrogen) atoms. The minimum Gasteiger partial charge on any atom is -0.369 e. The van der Waals surface area contributed by atoms with Crippen LogP contribution in [-0.4, -0.2) is 11.9 Å². The second-order valence-electron chi connectivity index (χ2n) is 4.81. The molecule has 0 atom stereocenters. The molecule has 0 unspecified atom stereocenters. The summed E-state index contributed by atoms with van der Waals surface area (Å²) in [6.07, 6.45) is 0. The van der Waals surface area contributed by atoms with Crippen molar-refractivity contribution in [1.82, 2.24) is 5.32 Å². The second-order valence-corrected chi connectivity index (χ2v) is 4.81. The standard InChI is InChI=1S/C18H15N3O/c19-18(20-14-9-2-1-3-10-14)21-17(22)16-12-6-8-13-7-4-5-11-15(13)16/h1-12H,(H3,19,20,21,22). The van der Waals surface area contributed by atoms with Crippen molar-refractivity contribution in [3.05, 3.63) is 78.4 Å². The van der Waals surface area contributed by atoms with Crippen LogP contribution in [0.3, 0.4) is 0 Å². The number of carbonyl (C=O) groups excluding carboxylic acids is 1. The predicted molar refractivity (Wildman–Crippen MR) is 89.1 cm³/mol. The SMILES string of the molecule is NC(=Nc1ccccc1)NC(=O)c1cccc2ccccc12. The molecule has 0 saturated carbocycles. The van der Waals surface area contributed by atoms with Crippen molar-refractivity contribution in [3.63, 3.8) is 0 Å². The predicted octanol–water partition coefficient (Wildman–Crippen LogP) is 3.22. The Hall–Kier alpha value is -3.14. The van der Waals surface area contributed by atoms with Crippen LogP contribution in [0.1, 0.15) is 10.4 Å². The van der Waals surface area contributed by atoms with E-state index in [1.807, 2.05) is 66.7 Å². The average Bonchev–Trinajstić information content (AvgIpc) is 2.55. The monoisotopic (exact) mass is 289 g/mol. The lowest BCUT2D eigenvalue weighted by Crippen LogP contribution is -2.36. The quantitative estimate of drug-likeness (QED) is 0.562. The lowest BCUT2D eigenvalue weighted by molar-refractivity contribution is 0.0978. The Balaban J connectivity index is 1.86. The Kier molecular flexibility index (Phi) is 3.83. The van der Waals surface area contributed by atoms with Crippen molar-refractivity contribution >= 4 is 28.3 Å². The minimum absolute atomic E-state index is 0.0733. The molecule has 0 aliphatic heterocycles. The molecule has 0 spiro atoms. The van der Waals surface area contributed by atoms with Gasteiger partial charge in [0.2, 0.25) is 5.96 Å². The molecular formula is C18H15N3O. The van der Waals surface area contributed by atoms with E-state index in [1.165, 1.54) is 0 Å². The zero-order chi connectivity index (χ0) is 15.4. The van der Waals surface area contributed by atoms with Crippen molar-refractivity contribution in [2.24, 2.45) is 10.7 Å². The number of nitrogens with one attached hydrogen (secondary N) is 1. The van der Waals surface area contributed by atoms with Crippen molar-refractivity contribution in [2.75, 3.05) is 0 Å². The number of nitrogens with two attached hydrogens (primary N) is 1. The number of hydrogen-bond donors (Lipinski definition) is 2. The molecule has 0 heterocycles. The van der Waals surface area contributed by atoms with Gasteiger partial charge in [-0.15, -0.1) is 0 Å². The topological polar surface area (TPSA) is 67.5 Å². The van der Waals surface area contributed by atoms with Gasteiger partial charge in [0.15, 0.2) is 0 Å². The average molecular weight is 289 g/mol. The third-order valence-electron chi connectivity index (χ3n) is 3.28. The fraction of sp³-hybridized carbons (Fsp3) is 0. The summed E-state index contributed by atoms with van der Waals surface area (Å²) in [5, 5.41) is 4.52. The molecule has 0 radical (unpaired) electrons. The number of benzene rings is 3. The van der Waals surface area contributed by atoms with Gasteiger partial charge in [-0.25, -0.2) is 4.99 Å². The smallest absolute Gasteiger partial charge is 0.258 e. The molecule has 108 valence electrons. The van der Waals surface area contributed by atoms with E-state index in [4.69, 9.17) is 5.73 Å². The first-order valence-corrected chi connectivity index (χ1v) is 6.92. The number of rotatable bonds is 2. The molecule has 0 fully saturated rings. The van der Waals surface area contributed by atoms with Crippen molar-refractivity contribution < 1.29 is 4.79 Å². The van der Waals surface area contributed by atoms with Gasteiger partial charge in [-0.2, -0.15) is 0 Å². The van der Waals surface area contributed by atoms with E-state index in [2.05, 4.69) is 10.3 Å². The van der Waals surface area contributed by atoms with E-state index in [0.29, 0.717) is 11.3 Å². The summed E-state index contributed by atoms with van der Waals surface area (Å²) in [6, 6.07) is 22.6. The van der Waals surface area contributed by atoms with Gasteiger partial charge in [0, 0.05) is 5.56 Å². The maximum absolute atomic E-state index is 12.4. The zero-order valence-electron chi connectivity index (χ0n) is 11.9. The molecule has 0 bridgehead atoms. The normalized spacial score (nSPS) is 11.4. The van der Waals surface area contributed by atoms with E-state index in [1.54, 1.807) is 6.07 Å². The first kappa shape index (κ1) is 13.8. The van der Waals surface area contributed by atoms with Crippen molar-refractivity contribution in [1.29, 1.82) is 0 Å². The summed E-state index contributed by atoms with van der Waals surface area (Å²) in [5.74, 6) is -0.196. The number of guanidine groups is 1. The van der Waals surface area contributed by atoms with Crippen LogP contribution in [0.2, 0.25) is 0 Å². The van der Waals surface area contributed by atoms with Crippen LogP contribution < -0.4 is 11.1 Å². The molecule has 4 nitrogen and oxygen atoms in total. The molecule has 1 amide bonds. The van der Waals surface area contributed by atoms with Gasteiger partial charge in [0.1, 0.15) is 0 Å². The van der Waals surface area contributed by atoms with Gasteiger partial charge in [0.05, 0.1) is 5.69 Å². The summed E-state index contributed by atoms with van der Waals surface area (Å²) in [6.45, 7) is 0. The third kappa shape index (κ3) is 2.96. The molecule has 3 aromatic carbocycles. The lowest BCUT2D eigenvalue weighted by atomic mass is 10.0. The van der Waals surface area contributed by atoms with Crippen LogP contribution in [0.15, 0.2) is 77.8 Å². The maximum atomic E-state index is 12.4. The molecule has 3 rings (SSSR count). The summed E-state index contributed by atoms with van der Waals surface area (Å²) in [5.41, 5.74) is 7.07. The summed E-state index contributed by atoms with van der Waals surface area (Å²) < 4.78 is 0. The number of nitrogens with zero attached hydrogens (tertiary/aromatic N) is 1. The van der Waals surface area contributed by atoms with Gasteiger partial charge < -0.3 is 5.73 Å². The number of amides is 1. The van der Waals surface area contributed by atoms with Crippen molar-refractivity contribution in [2.45, 2.75) is 0 Å². The van der Waals surface area contributed by atoms with Crippen LogP contribution in [0.4, 0.5) is 5.69 Å². The Morgan fingerprint density at radius 2 is 1.55 bits per heavy atom. The first-order chi connectivity index (χ1) is 10.7. The van der Waals surface area contributed by atoms with Gasteiger partial charge in [0.25, 0.3) is 5.91 Å². The van der Waals surface area contributed by atoms with E-state index in [9.17, 15) is 4.79 Å². The zero-order valence-corrected chi connectivity index (χ0v) is 11.9. The fourth-order valence-electron chi connectivity index (χ4n) is 2.28. The van der Waals surface area contributed by atoms with Crippen LogP contribution in [-0.2, 0) is 0 Å². The van der Waals surface area contributed by atoms with E-state index < -0.39 is 0 Å². The Bertz CT molecular complexity index is 836. The highest BCUT2D eigenvalue weighted by Crippen LogP contribution is 2.18. The second kappa shape index (κ2) is 6.10. The Morgan fingerprint density at radius 1 is 0.864 bits per heavy atom. The van der Waals surface area contributed by atoms with Gasteiger partial charge in [-0.05, 0) is 29.0 Å². The molecule has 3 aromatic rings. The fourth-order valence-corrected chi connectivity index (χ4v) is 2.28. The van der Waals surface area contributed by atoms with E-state index in [-0.39, 0.29) is 11.9 Å². The number of hydrogen-bond acceptors (Lipinski definition) is 2. The summed E-state index contributed by atoms with van der Waals surface area (Å²) in [7, 11) is 0. The molecule has 4 heteroatoms. The van der Waals surface area contributed by atoms with Gasteiger partial charge in [-0.3, -0.25) is 10.1 Å². The highest BCUT2D eigenvalue weighted by atomic mass is 16.1. The van der Waals surface area contributed by atoms with Crippen LogP contribution >= 0.6 is 0 Å². The maximum Gasteiger partial charge on any atom is 0.258 e. The summed E-state index contributed by atoms with van der Waals surface area (Å²) in [4.78, 5) is 16.6. The van der Waals surface area contributed by atoms with Crippen LogP contribution in [0.25, 0.3) is 10.8 Å². The number of carbonyl (C=O) groups is 1. The molecular weight excluding hydrogens is 274 g/mol. The summed E-state index contributed by atoms with van der Waals surface area (Å²) >= 11 is 0. The molecule has 0 aliphatic rings. The molecule has 0 aliphatic carbocycles. The molecule has 3 N–H and O–H groups in total. The Labute approximate surface area is 128 Å². The number of aliphatic imine (C=N–C) groups is 1. The Morgan fingerprint density at radius 3 is 2.36 bits per heavy atom. The first-order valence-electron chi connectivity index (χ1n) is 6.92. The third-order valence-corrected chi connectivity index (χ3v) is 3.28. The highest BCUT2D eigenvalue weighted by molar-refractivity contribution is 6.12. The van der Waals surface area contributed by atoms with Crippen LogP contribution in [0, 0.1) is 0 Å². The van der Waals surface area contributed by atoms with E-state index in [0.717, 1.165) is 10.8 Å². The van der Waals surface area contributed by atoms with Gasteiger partial charge in [-0.1, -0.05) is 54.6 Å². The molecule has 0 aromatic heterocycles. The van der Waals surface area contributed by atoms with Crippen LogP contribution in [0.5, 0.6) is 0 Å². The van der Waals surface area contributed by atoms with Gasteiger partial charge >= 0.3 is 0 Å². The lowest BCUT2D eigenvalue weighted by Gasteiger charge is -2.07. The minimum atomic E-state index is -0.269. The molecule has 0 saturated heterocycles. The van der Waals surface area contributed by atoms with Crippen molar-refractivity contribution in [3.8, 4) is 0 Å². The number of para-hydroxylation sites is 1.